The minimum atomic E-state index is -1.00. The third-order valence-corrected chi connectivity index (χ3v) is 2.44. The minimum absolute atomic E-state index is 0.0701. The molecule has 0 spiro atoms. The molecule has 1 aromatic heterocycles. The maximum absolute atomic E-state index is 10.8. The Bertz CT molecular complexity index is 535. The third kappa shape index (κ3) is 1.93. The van der Waals surface area contributed by atoms with E-state index in [2.05, 4.69) is 4.98 Å². The van der Waals surface area contributed by atoms with Gasteiger partial charge < -0.3 is 5.11 Å². The van der Waals surface area contributed by atoms with Crippen LogP contribution in [0.1, 0.15) is 16.1 Å². The molecule has 1 N–H and O–H groups in total. The van der Waals surface area contributed by atoms with Gasteiger partial charge in [-0.1, -0.05) is 24.3 Å². The predicted octanol–water partition coefficient (Wildman–Crippen LogP) is 2.76. The summed E-state index contributed by atoms with van der Waals surface area (Å²) in [4.78, 5) is 14.6. The molecule has 80 valence electrons. The Balaban J connectivity index is 2.53. The average Bonchev–Trinajstić information content (AvgIpc) is 2.30. The zero-order valence-electron chi connectivity index (χ0n) is 8.84. The fourth-order valence-corrected chi connectivity index (χ4v) is 1.61. The first-order valence-corrected chi connectivity index (χ1v) is 4.94. The lowest BCUT2D eigenvalue weighted by Crippen LogP contribution is -1.99. The van der Waals surface area contributed by atoms with Crippen molar-refractivity contribution in [1.82, 2.24) is 4.98 Å². The normalized spacial score (nSPS) is 10.1. The lowest BCUT2D eigenvalue weighted by Gasteiger charge is -2.05. The first-order chi connectivity index (χ1) is 7.68. The number of carbonyl (C=O) groups is 1. The molecule has 0 saturated carbocycles. The number of aromatic nitrogens is 1. The highest BCUT2D eigenvalue weighted by molar-refractivity contribution is 5.87. The fraction of sp³-hybridized carbons (Fsp3) is 0.0769. The van der Waals surface area contributed by atoms with Gasteiger partial charge in [-0.15, -0.1) is 0 Å². The maximum atomic E-state index is 10.8. The van der Waals surface area contributed by atoms with Gasteiger partial charge in [0.15, 0.2) is 0 Å². The van der Waals surface area contributed by atoms with Crippen molar-refractivity contribution < 1.29 is 9.90 Å². The molecule has 16 heavy (non-hydrogen) atoms. The first-order valence-electron chi connectivity index (χ1n) is 4.94. The van der Waals surface area contributed by atoms with E-state index in [4.69, 9.17) is 5.11 Å². The zero-order valence-corrected chi connectivity index (χ0v) is 8.84. The number of aromatic carboxylic acids is 1. The van der Waals surface area contributed by atoms with Crippen molar-refractivity contribution in [1.29, 1.82) is 0 Å². The molecule has 0 unspecified atom stereocenters. The van der Waals surface area contributed by atoms with Crippen LogP contribution in [0.2, 0.25) is 0 Å². The van der Waals surface area contributed by atoms with Gasteiger partial charge in [0, 0.05) is 6.20 Å². The molecule has 3 nitrogen and oxygen atoms in total. The van der Waals surface area contributed by atoms with E-state index in [9.17, 15) is 4.79 Å². The van der Waals surface area contributed by atoms with Crippen LogP contribution < -0.4 is 0 Å². The van der Waals surface area contributed by atoms with Crippen LogP contribution in [-0.4, -0.2) is 16.1 Å². The molecule has 2 rings (SSSR count). The van der Waals surface area contributed by atoms with Gasteiger partial charge in [-0.05, 0) is 35.7 Å². The van der Waals surface area contributed by atoms with Gasteiger partial charge in [0.05, 0.1) is 0 Å². The molecule has 2 aromatic rings. The number of hydrogen-bond acceptors (Lipinski definition) is 2. The van der Waals surface area contributed by atoms with Gasteiger partial charge >= 0.3 is 5.97 Å². The van der Waals surface area contributed by atoms with Crippen molar-refractivity contribution in [3.05, 3.63) is 53.9 Å². The molecular formula is C13H11NO2. The second-order valence-corrected chi connectivity index (χ2v) is 3.55. The van der Waals surface area contributed by atoms with Crippen LogP contribution >= 0.6 is 0 Å². The Kier molecular flexibility index (Phi) is 2.68. The Morgan fingerprint density at radius 1 is 1.25 bits per heavy atom. The predicted molar refractivity (Wildman–Crippen MR) is 61.4 cm³/mol. The summed E-state index contributed by atoms with van der Waals surface area (Å²) in [5.74, 6) is -1.00. The maximum Gasteiger partial charge on any atom is 0.354 e. The van der Waals surface area contributed by atoms with Crippen molar-refractivity contribution in [2.24, 2.45) is 0 Å². The minimum Gasteiger partial charge on any atom is -0.477 e. The number of hydrogen-bond donors (Lipinski definition) is 1. The van der Waals surface area contributed by atoms with Crippen LogP contribution in [-0.2, 0) is 0 Å². The SMILES string of the molecule is Cc1ccccc1-c1ccnc(C(=O)O)c1. The monoisotopic (exact) mass is 213 g/mol. The number of carboxylic acid groups (broad SMARTS) is 1. The molecule has 0 saturated heterocycles. The summed E-state index contributed by atoms with van der Waals surface area (Å²) < 4.78 is 0. The molecule has 0 aliphatic rings. The van der Waals surface area contributed by atoms with E-state index in [0.717, 1.165) is 16.7 Å². The van der Waals surface area contributed by atoms with Crippen molar-refractivity contribution in [3.8, 4) is 11.1 Å². The Hall–Kier alpha value is -2.16. The third-order valence-electron chi connectivity index (χ3n) is 2.44. The van der Waals surface area contributed by atoms with Gasteiger partial charge in [0.2, 0.25) is 0 Å². The first kappa shape index (κ1) is 10.4. The molecule has 0 radical (unpaired) electrons. The van der Waals surface area contributed by atoms with Crippen LogP contribution in [0.25, 0.3) is 11.1 Å². The highest BCUT2D eigenvalue weighted by Gasteiger charge is 2.07. The zero-order chi connectivity index (χ0) is 11.5. The van der Waals surface area contributed by atoms with E-state index in [0.29, 0.717) is 0 Å². The van der Waals surface area contributed by atoms with Crippen molar-refractivity contribution in [2.45, 2.75) is 6.92 Å². The molecule has 0 bridgehead atoms. The summed E-state index contributed by atoms with van der Waals surface area (Å²) in [5, 5.41) is 8.86. The lowest BCUT2D eigenvalue weighted by molar-refractivity contribution is 0.0690. The topological polar surface area (TPSA) is 50.2 Å². The van der Waals surface area contributed by atoms with Crippen LogP contribution in [0.4, 0.5) is 0 Å². The molecular weight excluding hydrogens is 202 g/mol. The molecule has 1 aromatic carbocycles. The largest absolute Gasteiger partial charge is 0.477 e. The molecule has 0 fully saturated rings. The molecule has 0 aliphatic carbocycles. The van der Waals surface area contributed by atoms with Crippen molar-refractivity contribution in [2.75, 3.05) is 0 Å². The second-order valence-electron chi connectivity index (χ2n) is 3.55. The molecule has 0 amide bonds. The van der Waals surface area contributed by atoms with E-state index in [1.54, 1.807) is 6.07 Å². The number of benzene rings is 1. The smallest absolute Gasteiger partial charge is 0.354 e. The lowest BCUT2D eigenvalue weighted by atomic mass is 10.0. The Labute approximate surface area is 93.4 Å². The number of carboxylic acids is 1. The van der Waals surface area contributed by atoms with Crippen molar-refractivity contribution in [3.63, 3.8) is 0 Å². The van der Waals surface area contributed by atoms with E-state index >= 15 is 0 Å². The van der Waals surface area contributed by atoms with Gasteiger partial charge in [0.1, 0.15) is 5.69 Å². The van der Waals surface area contributed by atoms with Crippen LogP contribution in [0.3, 0.4) is 0 Å². The Morgan fingerprint density at radius 3 is 2.69 bits per heavy atom. The highest BCUT2D eigenvalue weighted by atomic mass is 16.4. The fourth-order valence-electron chi connectivity index (χ4n) is 1.61. The van der Waals surface area contributed by atoms with Gasteiger partial charge in [-0.2, -0.15) is 0 Å². The van der Waals surface area contributed by atoms with E-state index in [1.807, 2.05) is 37.3 Å². The molecule has 3 heteroatoms. The van der Waals surface area contributed by atoms with Crippen LogP contribution in [0, 0.1) is 6.92 Å². The number of nitrogens with zero attached hydrogens (tertiary/aromatic N) is 1. The van der Waals surface area contributed by atoms with Crippen LogP contribution in [0.5, 0.6) is 0 Å². The second kappa shape index (κ2) is 4.14. The van der Waals surface area contributed by atoms with E-state index < -0.39 is 5.97 Å². The summed E-state index contributed by atoms with van der Waals surface area (Å²) in [7, 11) is 0. The summed E-state index contributed by atoms with van der Waals surface area (Å²) >= 11 is 0. The summed E-state index contributed by atoms with van der Waals surface area (Å²) in [6, 6.07) is 11.3. The van der Waals surface area contributed by atoms with E-state index in [1.165, 1.54) is 6.20 Å². The van der Waals surface area contributed by atoms with Gasteiger partial charge in [0.25, 0.3) is 0 Å². The standard InChI is InChI=1S/C13H11NO2/c1-9-4-2-3-5-11(9)10-6-7-14-12(8-10)13(15)16/h2-8H,1H3,(H,15,16). The summed E-state index contributed by atoms with van der Waals surface area (Å²) in [5.41, 5.74) is 3.10. The summed E-state index contributed by atoms with van der Waals surface area (Å²) in [6.45, 7) is 2.00. The average molecular weight is 213 g/mol. The molecule has 0 atom stereocenters. The van der Waals surface area contributed by atoms with Gasteiger partial charge in [-0.3, -0.25) is 0 Å². The van der Waals surface area contributed by atoms with Crippen LogP contribution in [0.15, 0.2) is 42.6 Å². The number of aryl methyl sites for hydroxylation is 1. The molecule has 1 heterocycles. The van der Waals surface area contributed by atoms with Crippen molar-refractivity contribution >= 4 is 5.97 Å². The summed E-state index contributed by atoms with van der Waals surface area (Å²) in [6.07, 6.45) is 1.52. The highest BCUT2D eigenvalue weighted by Crippen LogP contribution is 2.22. The quantitative estimate of drug-likeness (QED) is 0.834. The number of rotatable bonds is 2. The molecule has 0 aliphatic heterocycles. The van der Waals surface area contributed by atoms with E-state index in [-0.39, 0.29) is 5.69 Å². The Morgan fingerprint density at radius 2 is 2.00 bits per heavy atom. The number of pyridine rings is 1. The van der Waals surface area contributed by atoms with Gasteiger partial charge in [-0.25, -0.2) is 9.78 Å².